The zero-order valence-electron chi connectivity index (χ0n) is 9.78. The summed E-state index contributed by atoms with van der Waals surface area (Å²) in [6.45, 7) is 6.66. The Bertz CT molecular complexity index is 189. The summed E-state index contributed by atoms with van der Waals surface area (Å²) in [5, 5.41) is 0.996. The predicted molar refractivity (Wildman–Crippen MR) is 70.1 cm³/mol. The summed E-state index contributed by atoms with van der Waals surface area (Å²) in [4.78, 5) is 0. The van der Waals surface area contributed by atoms with Crippen LogP contribution < -0.4 is 0 Å². The van der Waals surface area contributed by atoms with Crippen molar-refractivity contribution >= 4 is 15.9 Å². The van der Waals surface area contributed by atoms with Crippen molar-refractivity contribution in [1.29, 1.82) is 0 Å². The lowest BCUT2D eigenvalue weighted by Gasteiger charge is -1.99. The van der Waals surface area contributed by atoms with Crippen molar-refractivity contribution in [3.8, 4) is 0 Å². The summed E-state index contributed by atoms with van der Waals surface area (Å²) >= 11 is 3.44. The highest BCUT2D eigenvalue weighted by atomic mass is 79.9. The van der Waals surface area contributed by atoms with Crippen molar-refractivity contribution in [1.82, 2.24) is 0 Å². The summed E-state index contributed by atoms with van der Waals surface area (Å²) in [6.07, 6.45) is 11.0. The first-order valence-electron chi connectivity index (χ1n) is 5.58. The van der Waals surface area contributed by atoms with Crippen molar-refractivity contribution in [2.75, 3.05) is 5.33 Å². The van der Waals surface area contributed by atoms with E-state index in [1.807, 2.05) is 0 Å². The van der Waals surface area contributed by atoms with E-state index in [0.29, 0.717) is 0 Å². The molecule has 0 atom stereocenters. The minimum absolute atomic E-state index is 0.996. The molecule has 0 aliphatic carbocycles. The molecule has 0 saturated heterocycles. The second kappa shape index (κ2) is 9.51. The van der Waals surface area contributed by atoms with Gasteiger partial charge < -0.3 is 0 Å². The molecule has 1 heteroatoms. The average molecular weight is 259 g/mol. The molecule has 0 amide bonds. The van der Waals surface area contributed by atoms with E-state index in [4.69, 9.17) is 0 Å². The molecule has 0 aromatic heterocycles. The maximum absolute atomic E-state index is 3.44. The van der Waals surface area contributed by atoms with Crippen LogP contribution in [0.2, 0.25) is 0 Å². The van der Waals surface area contributed by atoms with Gasteiger partial charge in [-0.05, 0) is 33.1 Å². The molecule has 0 unspecified atom stereocenters. The smallest absolute Gasteiger partial charge is 0.0239 e. The van der Waals surface area contributed by atoms with Crippen LogP contribution in [0.3, 0.4) is 0 Å². The van der Waals surface area contributed by atoms with Crippen LogP contribution >= 0.6 is 15.9 Å². The van der Waals surface area contributed by atoms with E-state index < -0.39 is 0 Å². The van der Waals surface area contributed by atoms with Gasteiger partial charge in [0, 0.05) is 5.33 Å². The fourth-order valence-corrected chi connectivity index (χ4v) is 1.50. The summed E-state index contributed by atoms with van der Waals surface area (Å²) < 4.78 is 0. The highest BCUT2D eigenvalue weighted by molar-refractivity contribution is 9.09. The third-order valence-corrected chi connectivity index (χ3v) is 3.20. The maximum Gasteiger partial charge on any atom is 0.0239 e. The molecule has 0 radical (unpaired) electrons. The molecule has 0 N–H and O–H groups in total. The van der Waals surface area contributed by atoms with E-state index in [0.717, 1.165) is 11.8 Å². The molecule has 0 bridgehead atoms. The number of alkyl halides is 1. The second-order valence-electron chi connectivity index (χ2n) is 3.93. The minimum atomic E-state index is 0.996. The van der Waals surface area contributed by atoms with Gasteiger partial charge >= 0.3 is 0 Å². The molecular weight excluding hydrogens is 236 g/mol. The summed E-state index contributed by atoms with van der Waals surface area (Å²) in [6, 6.07) is 0. The van der Waals surface area contributed by atoms with Crippen LogP contribution in [-0.4, -0.2) is 5.33 Å². The maximum atomic E-state index is 3.44. The molecule has 0 nitrogen and oxygen atoms in total. The van der Waals surface area contributed by atoms with Gasteiger partial charge in [0.2, 0.25) is 0 Å². The van der Waals surface area contributed by atoms with Gasteiger partial charge in [0.05, 0.1) is 0 Å². The Balaban J connectivity index is 3.65. The van der Waals surface area contributed by atoms with Crippen molar-refractivity contribution in [3.05, 3.63) is 23.3 Å². The highest BCUT2D eigenvalue weighted by Crippen LogP contribution is 2.09. The normalized spacial score (nSPS) is 13.4. The van der Waals surface area contributed by atoms with Crippen LogP contribution in [0.5, 0.6) is 0 Å². The number of hydrogen-bond donors (Lipinski definition) is 0. The van der Waals surface area contributed by atoms with Crippen LogP contribution in [0.15, 0.2) is 23.3 Å². The topological polar surface area (TPSA) is 0 Å². The summed E-state index contributed by atoms with van der Waals surface area (Å²) in [5.41, 5.74) is 2.96. The molecule has 0 rings (SSSR count). The van der Waals surface area contributed by atoms with Crippen LogP contribution in [0.1, 0.15) is 52.9 Å². The van der Waals surface area contributed by atoms with Crippen LogP contribution in [0.25, 0.3) is 0 Å². The van der Waals surface area contributed by atoms with Gasteiger partial charge in [-0.2, -0.15) is 0 Å². The lowest BCUT2D eigenvalue weighted by Crippen LogP contribution is -1.80. The van der Waals surface area contributed by atoms with Crippen molar-refractivity contribution in [3.63, 3.8) is 0 Å². The first-order valence-corrected chi connectivity index (χ1v) is 6.70. The molecule has 0 fully saturated rings. The van der Waals surface area contributed by atoms with Gasteiger partial charge in [0.1, 0.15) is 0 Å². The Labute approximate surface area is 97.6 Å². The number of allylic oxidation sites excluding steroid dienone is 4. The van der Waals surface area contributed by atoms with Crippen molar-refractivity contribution in [2.45, 2.75) is 52.9 Å². The SMILES string of the molecule is CCCCC/C(C)=C/C/C=C(\C)CBr. The Kier molecular flexibility index (Phi) is 9.49. The zero-order chi connectivity index (χ0) is 10.8. The quantitative estimate of drug-likeness (QED) is 0.333. The monoisotopic (exact) mass is 258 g/mol. The van der Waals surface area contributed by atoms with Crippen molar-refractivity contribution in [2.24, 2.45) is 0 Å². The van der Waals surface area contributed by atoms with Gasteiger partial charge in [-0.15, -0.1) is 0 Å². The molecule has 0 aliphatic heterocycles. The van der Waals surface area contributed by atoms with Crippen LogP contribution in [-0.2, 0) is 0 Å². The van der Waals surface area contributed by atoms with E-state index in [-0.39, 0.29) is 0 Å². The van der Waals surface area contributed by atoms with E-state index in [2.05, 4.69) is 48.9 Å². The predicted octanol–water partition coefficient (Wildman–Crippen LogP) is 5.24. The zero-order valence-corrected chi connectivity index (χ0v) is 11.4. The molecule has 82 valence electrons. The minimum Gasteiger partial charge on any atom is -0.0880 e. The van der Waals surface area contributed by atoms with E-state index >= 15 is 0 Å². The van der Waals surface area contributed by atoms with Gasteiger partial charge in [-0.25, -0.2) is 0 Å². The molecule has 0 saturated carbocycles. The van der Waals surface area contributed by atoms with Gasteiger partial charge in [0.25, 0.3) is 0 Å². The van der Waals surface area contributed by atoms with E-state index in [1.54, 1.807) is 0 Å². The molecule has 0 aromatic rings. The highest BCUT2D eigenvalue weighted by Gasteiger charge is 1.89. The number of hydrogen-bond acceptors (Lipinski definition) is 0. The van der Waals surface area contributed by atoms with Crippen LogP contribution in [0.4, 0.5) is 0 Å². The Morgan fingerprint density at radius 1 is 1.07 bits per heavy atom. The Morgan fingerprint density at radius 2 is 1.71 bits per heavy atom. The number of halogens is 1. The van der Waals surface area contributed by atoms with E-state index in [1.165, 1.54) is 36.8 Å². The van der Waals surface area contributed by atoms with Gasteiger partial charge in [-0.3, -0.25) is 0 Å². The lowest BCUT2D eigenvalue weighted by molar-refractivity contribution is 0.712. The first-order chi connectivity index (χ1) is 6.70. The molecule has 14 heavy (non-hydrogen) atoms. The largest absolute Gasteiger partial charge is 0.0880 e. The average Bonchev–Trinajstić information content (AvgIpc) is 2.18. The second-order valence-corrected chi connectivity index (χ2v) is 4.49. The fourth-order valence-electron chi connectivity index (χ4n) is 1.27. The first kappa shape index (κ1) is 14.0. The lowest BCUT2D eigenvalue weighted by atomic mass is 10.1. The summed E-state index contributed by atoms with van der Waals surface area (Å²) in [5.74, 6) is 0. The number of unbranched alkanes of at least 4 members (excludes halogenated alkanes) is 2. The van der Waals surface area contributed by atoms with Crippen molar-refractivity contribution < 1.29 is 0 Å². The molecular formula is C13H23Br. The number of rotatable bonds is 7. The summed E-state index contributed by atoms with van der Waals surface area (Å²) in [7, 11) is 0. The molecule has 0 aliphatic rings. The third-order valence-electron chi connectivity index (χ3n) is 2.32. The van der Waals surface area contributed by atoms with Gasteiger partial charge in [0.15, 0.2) is 0 Å². The third kappa shape index (κ3) is 8.55. The molecule has 0 aromatic carbocycles. The molecule has 0 heterocycles. The van der Waals surface area contributed by atoms with Gasteiger partial charge in [-0.1, -0.05) is 59.0 Å². The standard InChI is InChI=1S/C13H23Br/c1-4-5-6-8-12(2)9-7-10-13(3)11-14/h9-10H,4-8,11H2,1-3H3/b12-9+,13-10+. The Hall–Kier alpha value is -0.0400. The fraction of sp³-hybridized carbons (Fsp3) is 0.692. The van der Waals surface area contributed by atoms with E-state index in [9.17, 15) is 0 Å². The molecule has 0 spiro atoms. The Morgan fingerprint density at radius 3 is 2.29 bits per heavy atom. The van der Waals surface area contributed by atoms with Crippen LogP contribution in [0, 0.1) is 0 Å².